The highest BCUT2D eigenvalue weighted by molar-refractivity contribution is 7.91. The first-order valence-corrected chi connectivity index (χ1v) is 12.1. The van der Waals surface area contributed by atoms with E-state index in [0.29, 0.717) is 11.3 Å². The van der Waals surface area contributed by atoms with Crippen molar-refractivity contribution in [1.29, 1.82) is 0 Å². The number of rotatable bonds is 5. The average molecular weight is 445 g/mol. The summed E-state index contributed by atoms with van der Waals surface area (Å²) in [5.74, 6) is -1.63. The fourth-order valence-corrected chi connectivity index (χ4v) is 5.96. The topological polar surface area (TPSA) is 93.6 Å². The van der Waals surface area contributed by atoms with Crippen molar-refractivity contribution in [2.45, 2.75) is 24.2 Å². The van der Waals surface area contributed by atoms with Gasteiger partial charge in [-0.1, -0.05) is 18.2 Å². The van der Waals surface area contributed by atoms with Crippen molar-refractivity contribution < 1.29 is 22.7 Å². The van der Waals surface area contributed by atoms with Crippen LogP contribution in [-0.4, -0.2) is 44.2 Å². The number of hydrogen-bond acceptors (Lipinski definition) is 7. The molecule has 0 bridgehead atoms. The molecule has 3 aromatic rings. The number of hydrogen-bond donors (Lipinski definition) is 0. The third-order valence-corrected chi connectivity index (χ3v) is 7.71. The Morgan fingerprint density at radius 3 is 2.83 bits per heavy atom. The summed E-state index contributed by atoms with van der Waals surface area (Å²) in [6.07, 6.45) is 0.163. The van der Waals surface area contributed by atoms with Crippen molar-refractivity contribution in [2.75, 3.05) is 23.8 Å². The molecule has 0 radical (unpaired) electrons. The van der Waals surface area contributed by atoms with E-state index in [1.54, 1.807) is 42.8 Å². The zero-order valence-corrected chi connectivity index (χ0v) is 17.9. The Hall–Kier alpha value is -2.78. The van der Waals surface area contributed by atoms with E-state index in [-0.39, 0.29) is 36.1 Å². The smallest absolute Gasteiger partial charge is 0.326 e. The number of amides is 1. The summed E-state index contributed by atoms with van der Waals surface area (Å²) >= 11 is 1.48. The highest BCUT2D eigenvalue weighted by Gasteiger charge is 2.37. The maximum absolute atomic E-state index is 13.6. The minimum Gasteiger partial charge on any atom is -0.465 e. The second-order valence-corrected chi connectivity index (χ2v) is 9.90. The zero-order valence-electron chi connectivity index (χ0n) is 16.3. The van der Waals surface area contributed by atoms with Crippen LogP contribution in [0, 0.1) is 0 Å². The summed E-state index contributed by atoms with van der Waals surface area (Å²) in [7, 11) is -3.42. The lowest BCUT2D eigenvalue weighted by Crippen LogP contribution is -2.41. The van der Waals surface area contributed by atoms with Crippen LogP contribution in [0.3, 0.4) is 0 Å². The SMILES string of the molecule is CCOC(=O)CN(C(=O)C1CCS(=O)(=O)c2ccccc21)c1ccc2scnc2c1. The number of sulfone groups is 1. The minimum absolute atomic E-state index is 0.112. The Balaban J connectivity index is 1.75. The molecule has 2 heterocycles. The number of carbonyl (C=O) groups excluding carboxylic acids is 2. The van der Waals surface area contributed by atoms with Crippen molar-refractivity contribution in [3.63, 3.8) is 0 Å². The number of esters is 1. The van der Waals surface area contributed by atoms with Gasteiger partial charge in [0.2, 0.25) is 5.91 Å². The molecule has 1 aliphatic rings. The van der Waals surface area contributed by atoms with Gasteiger partial charge in [-0.2, -0.15) is 0 Å². The molecule has 1 atom stereocenters. The second kappa shape index (κ2) is 8.16. The third-order valence-electron chi connectivity index (χ3n) is 5.09. The molecule has 0 saturated heterocycles. The predicted octanol–water partition coefficient (Wildman–Crippen LogP) is 3.15. The van der Waals surface area contributed by atoms with Gasteiger partial charge in [0.25, 0.3) is 0 Å². The van der Waals surface area contributed by atoms with E-state index < -0.39 is 21.7 Å². The largest absolute Gasteiger partial charge is 0.465 e. The standard InChI is InChI=1S/C21H20N2O5S2/c1-2-28-20(24)12-23(14-7-8-18-17(11-14)22-13-29-18)21(25)16-9-10-30(26,27)19-6-4-3-5-15(16)19/h3-8,11,13,16H,2,9-10,12H2,1H3. The maximum Gasteiger partial charge on any atom is 0.326 e. The number of nitrogens with zero attached hydrogens (tertiary/aromatic N) is 2. The van der Waals surface area contributed by atoms with E-state index in [1.807, 2.05) is 6.07 Å². The molecule has 0 N–H and O–H groups in total. The van der Waals surface area contributed by atoms with Crippen molar-refractivity contribution in [3.05, 3.63) is 53.5 Å². The summed E-state index contributed by atoms with van der Waals surface area (Å²) in [6, 6.07) is 11.9. The minimum atomic E-state index is -3.42. The lowest BCUT2D eigenvalue weighted by Gasteiger charge is -2.30. The van der Waals surface area contributed by atoms with Gasteiger partial charge in [0.1, 0.15) is 6.54 Å². The van der Waals surface area contributed by atoms with E-state index >= 15 is 0 Å². The van der Waals surface area contributed by atoms with Crippen LogP contribution < -0.4 is 4.90 Å². The molecule has 0 aliphatic carbocycles. The van der Waals surface area contributed by atoms with Gasteiger partial charge in [-0.3, -0.25) is 9.59 Å². The van der Waals surface area contributed by atoms with Gasteiger partial charge in [-0.05, 0) is 43.2 Å². The molecule has 7 nitrogen and oxygen atoms in total. The van der Waals surface area contributed by atoms with Gasteiger partial charge in [-0.25, -0.2) is 13.4 Å². The van der Waals surface area contributed by atoms with Crippen LogP contribution in [0.1, 0.15) is 24.8 Å². The van der Waals surface area contributed by atoms with Gasteiger partial charge >= 0.3 is 5.97 Å². The van der Waals surface area contributed by atoms with E-state index in [2.05, 4.69) is 4.98 Å². The molecule has 1 unspecified atom stereocenters. The molecule has 4 rings (SSSR count). The Morgan fingerprint density at radius 1 is 1.23 bits per heavy atom. The van der Waals surface area contributed by atoms with Crippen LogP contribution in [0.2, 0.25) is 0 Å². The van der Waals surface area contributed by atoms with Crippen LogP contribution >= 0.6 is 11.3 Å². The molecule has 0 spiro atoms. The molecule has 0 saturated carbocycles. The van der Waals surface area contributed by atoms with Gasteiger partial charge in [0.05, 0.1) is 38.9 Å². The molecule has 0 fully saturated rings. The lowest BCUT2D eigenvalue weighted by atomic mass is 9.94. The predicted molar refractivity (Wildman–Crippen MR) is 114 cm³/mol. The Kier molecular flexibility index (Phi) is 5.57. The van der Waals surface area contributed by atoms with Crippen LogP contribution in [0.4, 0.5) is 5.69 Å². The Bertz CT molecular complexity index is 1220. The van der Waals surface area contributed by atoms with E-state index in [4.69, 9.17) is 4.74 Å². The highest BCUT2D eigenvalue weighted by atomic mass is 32.2. The fourth-order valence-electron chi connectivity index (χ4n) is 3.68. The first-order chi connectivity index (χ1) is 14.4. The lowest BCUT2D eigenvalue weighted by molar-refractivity contribution is -0.142. The second-order valence-electron chi connectivity index (χ2n) is 6.93. The molecule has 30 heavy (non-hydrogen) atoms. The van der Waals surface area contributed by atoms with E-state index in [1.165, 1.54) is 22.3 Å². The molecule has 2 aromatic carbocycles. The van der Waals surface area contributed by atoms with Gasteiger partial charge in [0, 0.05) is 5.69 Å². The number of anilines is 1. The number of thiazole rings is 1. The van der Waals surface area contributed by atoms with Crippen LogP contribution in [0.25, 0.3) is 10.2 Å². The first kappa shape index (κ1) is 20.5. The monoisotopic (exact) mass is 444 g/mol. The van der Waals surface area contributed by atoms with Gasteiger partial charge in [0.15, 0.2) is 9.84 Å². The van der Waals surface area contributed by atoms with Crippen molar-refractivity contribution in [2.24, 2.45) is 0 Å². The van der Waals surface area contributed by atoms with Crippen molar-refractivity contribution in [3.8, 4) is 0 Å². The number of benzene rings is 2. The Morgan fingerprint density at radius 2 is 2.03 bits per heavy atom. The first-order valence-electron chi connectivity index (χ1n) is 9.52. The fraction of sp³-hybridized carbons (Fsp3) is 0.286. The van der Waals surface area contributed by atoms with Crippen LogP contribution in [0.15, 0.2) is 52.9 Å². The zero-order chi connectivity index (χ0) is 21.3. The maximum atomic E-state index is 13.6. The molecule has 1 amide bonds. The molecule has 1 aromatic heterocycles. The van der Waals surface area contributed by atoms with E-state index in [0.717, 1.165) is 10.2 Å². The number of carbonyl (C=O) groups is 2. The van der Waals surface area contributed by atoms with Crippen molar-refractivity contribution >= 4 is 49.0 Å². The van der Waals surface area contributed by atoms with Crippen LogP contribution in [0.5, 0.6) is 0 Å². The molecule has 1 aliphatic heterocycles. The number of ether oxygens (including phenoxy) is 1. The normalized spacial score (nSPS) is 17.3. The third kappa shape index (κ3) is 3.82. The summed E-state index contributed by atoms with van der Waals surface area (Å²) in [5.41, 5.74) is 3.44. The van der Waals surface area contributed by atoms with Gasteiger partial charge in [-0.15, -0.1) is 11.3 Å². The van der Waals surface area contributed by atoms with Gasteiger partial charge < -0.3 is 9.64 Å². The molecule has 9 heteroatoms. The Labute approximate surface area is 178 Å². The summed E-state index contributed by atoms with van der Waals surface area (Å²) in [4.78, 5) is 31.7. The summed E-state index contributed by atoms with van der Waals surface area (Å²) in [5, 5.41) is 0. The number of fused-ring (bicyclic) bond motifs is 2. The van der Waals surface area contributed by atoms with E-state index in [9.17, 15) is 18.0 Å². The molecule has 156 valence electrons. The quantitative estimate of drug-likeness (QED) is 0.561. The number of aromatic nitrogens is 1. The van der Waals surface area contributed by atoms with Crippen LogP contribution in [-0.2, 0) is 24.2 Å². The average Bonchev–Trinajstić information content (AvgIpc) is 3.20. The molecular formula is C21H20N2O5S2. The highest BCUT2D eigenvalue weighted by Crippen LogP contribution is 2.36. The molecular weight excluding hydrogens is 424 g/mol. The summed E-state index contributed by atoms with van der Waals surface area (Å²) in [6.45, 7) is 1.65. The summed E-state index contributed by atoms with van der Waals surface area (Å²) < 4.78 is 30.9. The van der Waals surface area contributed by atoms with Crippen molar-refractivity contribution in [1.82, 2.24) is 4.98 Å².